The van der Waals surface area contributed by atoms with Crippen LogP contribution >= 0.6 is 0 Å². The Morgan fingerprint density at radius 2 is 1.94 bits per heavy atom. The van der Waals surface area contributed by atoms with Crippen LogP contribution in [0.1, 0.15) is 12.8 Å². The molecular weight excluding hydrogens is 240 g/mol. The topological polar surface area (TPSA) is 127 Å². The molecule has 0 aliphatic heterocycles. The maximum atomic E-state index is 11.4. The van der Waals surface area contributed by atoms with Crippen LogP contribution in [0.2, 0.25) is 0 Å². The minimum absolute atomic E-state index is 0.00889. The molecule has 0 radical (unpaired) electrons. The Bertz CT molecular complexity index is 464. The van der Waals surface area contributed by atoms with Gasteiger partial charge in [0.15, 0.2) is 0 Å². The fourth-order valence-electron chi connectivity index (χ4n) is 1.22. The lowest BCUT2D eigenvalue weighted by Gasteiger charge is -2.09. The Kier molecular flexibility index (Phi) is 4.50. The average Bonchev–Trinajstić information content (AvgIpc) is 2.30. The summed E-state index contributed by atoms with van der Waals surface area (Å²) in [5, 5.41) is 10.9. The molecule has 0 aromatic carbocycles. The Labute approximate surface area is 102 Å². The zero-order valence-electron chi connectivity index (χ0n) is 9.38. The van der Waals surface area contributed by atoms with Crippen molar-refractivity contribution >= 4 is 23.4 Å². The van der Waals surface area contributed by atoms with Crippen molar-refractivity contribution in [2.24, 2.45) is 5.73 Å². The molecular formula is C11H12N2O5. The first-order valence-electron chi connectivity index (χ1n) is 5.16. The van der Waals surface area contributed by atoms with Gasteiger partial charge in [0.25, 0.3) is 0 Å². The van der Waals surface area contributed by atoms with Crippen molar-refractivity contribution in [3.05, 3.63) is 23.9 Å². The summed E-state index contributed by atoms with van der Waals surface area (Å²) < 4.78 is 0. The monoisotopic (exact) mass is 252 g/mol. The Hall–Kier alpha value is -2.28. The molecule has 0 fully saturated rings. The predicted octanol–water partition coefficient (Wildman–Crippen LogP) is -1.11. The van der Waals surface area contributed by atoms with Gasteiger partial charge in [-0.2, -0.15) is 0 Å². The molecule has 0 bridgehead atoms. The minimum Gasteiger partial charge on any atom is -0.480 e. The number of hydrogen-bond acceptors (Lipinski definition) is 5. The van der Waals surface area contributed by atoms with E-state index in [1.54, 1.807) is 0 Å². The van der Waals surface area contributed by atoms with Crippen LogP contribution in [0.5, 0.6) is 0 Å². The molecule has 1 atom stereocenters. The van der Waals surface area contributed by atoms with Gasteiger partial charge in [0.2, 0.25) is 17.5 Å². The smallest absolute Gasteiger partial charge is 0.320 e. The number of carbonyl (C=O) groups excluding carboxylic acids is 3. The highest BCUT2D eigenvalue weighted by Gasteiger charge is 2.16. The Balaban J connectivity index is 2.44. The van der Waals surface area contributed by atoms with Gasteiger partial charge >= 0.3 is 5.97 Å². The van der Waals surface area contributed by atoms with Gasteiger partial charge in [0.1, 0.15) is 6.04 Å². The van der Waals surface area contributed by atoms with Crippen LogP contribution in [0.15, 0.2) is 23.9 Å². The van der Waals surface area contributed by atoms with Crippen molar-refractivity contribution in [2.45, 2.75) is 18.9 Å². The van der Waals surface area contributed by atoms with Crippen molar-refractivity contribution in [1.29, 1.82) is 0 Å². The van der Waals surface area contributed by atoms with Crippen molar-refractivity contribution in [3.8, 4) is 0 Å². The predicted molar refractivity (Wildman–Crippen MR) is 60.2 cm³/mol. The first kappa shape index (κ1) is 13.8. The fraction of sp³-hybridized carbons (Fsp3) is 0.273. The van der Waals surface area contributed by atoms with Gasteiger partial charge in [-0.05, 0) is 18.6 Å². The van der Waals surface area contributed by atoms with Crippen molar-refractivity contribution in [3.63, 3.8) is 0 Å². The standard InChI is InChI=1S/C11H12N2O5/c12-7(11(17)18)2-4-10(16)13-6-1-3-8(14)9(15)5-6/h1,3,5,7H,2,4,12H2,(H,13,16)(H,17,18)/t7-/m0/s1. The summed E-state index contributed by atoms with van der Waals surface area (Å²) in [7, 11) is 0. The molecule has 18 heavy (non-hydrogen) atoms. The van der Waals surface area contributed by atoms with Gasteiger partial charge in [-0.15, -0.1) is 0 Å². The van der Waals surface area contributed by atoms with E-state index in [2.05, 4.69) is 5.32 Å². The number of allylic oxidation sites excluding steroid dienone is 3. The number of ketones is 2. The van der Waals surface area contributed by atoms with E-state index in [9.17, 15) is 19.2 Å². The van der Waals surface area contributed by atoms with Gasteiger partial charge < -0.3 is 16.2 Å². The highest BCUT2D eigenvalue weighted by atomic mass is 16.4. The molecule has 0 heterocycles. The molecule has 0 saturated heterocycles. The summed E-state index contributed by atoms with van der Waals surface area (Å²) in [5.74, 6) is -3.01. The first-order valence-corrected chi connectivity index (χ1v) is 5.16. The van der Waals surface area contributed by atoms with Crippen molar-refractivity contribution in [2.75, 3.05) is 0 Å². The molecule has 0 saturated carbocycles. The van der Waals surface area contributed by atoms with Gasteiger partial charge in [-0.1, -0.05) is 0 Å². The second kappa shape index (κ2) is 5.87. The van der Waals surface area contributed by atoms with E-state index >= 15 is 0 Å². The summed E-state index contributed by atoms with van der Waals surface area (Å²) in [6.45, 7) is 0. The maximum Gasteiger partial charge on any atom is 0.320 e. The molecule has 4 N–H and O–H groups in total. The molecule has 1 aliphatic carbocycles. The quantitative estimate of drug-likeness (QED) is 0.420. The van der Waals surface area contributed by atoms with Gasteiger partial charge in [-0.3, -0.25) is 19.2 Å². The summed E-state index contributed by atoms with van der Waals surface area (Å²) in [5.41, 5.74) is 5.43. The lowest BCUT2D eigenvalue weighted by molar-refractivity contribution is -0.138. The average molecular weight is 252 g/mol. The Morgan fingerprint density at radius 1 is 1.28 bits per heavy atom. The third-order valence-electron chi connectivity index (χ3n) is 2.23. The maximum absolute atomic E-state index is 11.4. The van der Waals surface area contributed by atoms with Crippen LogP contribution < -0.4 is 11.1 Å². The van der Waals surface area contributed by atoms with E-state index in [-0.39, 0.29) is 18.5 Å². The molecule has 1 amide bonds. The van der Waals surface area contributed by atoms with Crippen LogP contribution in [0.4, 0.5) is 0 Å². The van der Waals surface area contributed by atoms with Crippen LogP contribution in [-0.4, -0.2) is 34.6 Å². The number of amides is 1. The minimum atomic E-state index is -1.18. The van der Waals surface area contributed by atoms with Crippen LogP contribution in [0.3, 0.4) is 0 Å². The molecule has 7 nitrogen and oxygen atoms in total. The van der Waals surface area contributed by atoms with Crippen LogP contribution in [0.25, 0.3) is 0 Å². The van der Waals surface area contributed by atoms with Crippen LogP contribution in [0, 0.1) is 0 Å². The third-order valence-corrected chi connectivity index (χ3v) is 2.23. The summed E-state index contributed by atoms with van der Waals surface area (Å²) in [4.78, 5) is 43.7. The normalized spacial score (nSPS) is 16.2. The molecule has 0 spiro atoms. The zero-order chi connectivity index (χ0) is 13.7. The number of aliphatic carboxylic acids is 1. The molecule has 0 unspecified atom stereocenters. The second-order valence-corrected chi connectivity index (χ2v) is 3.69. The van der Waals surface area contributed by atoms with Gasteiger partial charge in [0.05, 0.1) is 0 Å². The lowest BCUT2D eigenvalue weighted by Crippen LogP contribution is -2.32. The summed E-state index contributed by atoms with van der Waals surface area (Å²) in [6, 6.07) is -1.10. The number of carboxylic acids is 1. The van der Waals surface area contributed by atoms with Crippen molar-refractivity contribution in [1.82, 2.24) is 5.32 Å². The van der Waals surface area contributed by atoms with E-state index < -0.39 is 29.5 Å². The SMILES string of the molecule is N[C@@H](CCC(=O)NC1=CC(=O)C(=O)C=C1)C(=O)O. The highest BCUT2D eigenvalue weighted by molar-refractivity contribution is 6.46. The van der Waals surface area contributed by atoms with E-state index in [4.69, 9.17) is 10.8 Å². The largest absolute Gasteiger partial charge is 0.480 e. The molecule has 1 rings (SSSR count). The third kappa shape index (κ3) is 3.95. The van der Waals surface area contributed by atoms with Gasteiger partial charge in [-0.25, -0.2) is 0 Å². The number of carbonyl (C=O) groups is 4. The summed E-state index contributed by atoms with van der Waals surface area (Å²) >= 11 is 0. The molecule has 0 aromatic heterocycles. The van der Waals surface area contributed by atoms with E-state index in [1.165, 1.54) is 6.08 Å². The number of hydrogen-bond donors (Lipinski definition) is 3. The number of nitrogens with one attached hydrogen (secondary N) is 1. The van der Waals surface area contributed by atoms with E-state index in [0.29, 0.717) is 0 Å². The van der Waals surface area contributed by atoms with Crippen LogP contribution in [-0.2, 0) is 19.2 Å². The lowest BCUT2D eigenvalue weighted by atomic mass is 10.1. The van der Waals surface area contributed by atoms with Gasteiger partial charge in [0, 0.05) is 18.2 Å². The number of carboxylic acid groups (broad SMARTS) is 1. The Morgan fingerprint density at radius 3 is 2.50 bits per heavy atom. The molecule has 96 valence electrons. The molecule has 1 aliphatic rings. The molecule has 7 heteroatoms. The van der Waals surface area contributed by atoms with Crippen molar-refractivity contribution < 1.29 is 24.3 Å². The zero-order valence-corrected chi connectivity index (χ0v) is 9.38. The highest BCUT2D eigenvalue weighted by Crippen LogP contribution is 2.03. The summed E-state index contributed by atoms with van der Waals surface area (Å²) in [6.07, 6.45) is 3.28. The second-order valence-electron chi connectivity index (χ2n) is 3.69. The number of rotatable bonds is 5. The first-order chi connectivity index (χ1) is 8.40. The van der Waals surface area contributed by atoms with E-state index in [1.807, 2.05) is 0 Å². The number of nitrogens with two attached hydrogens (primary N) is 1. The fourth-order valence-corrected chi connectivity index (χ4v) is 1.22. The van der Waals surface area contributed by atoms with E-state index in [0.717, 1.165) is 12.2 Å². The molecule has 0 aromatic rings.